The third-order valence-corrected chi connectivity index (χ3v) is 2.84. The Morgan fingerprint density at radius 2 is 1.71 bits per heavy atom. The van der Waals surface area contributed by atoms with Gasteiger partial charge in [0.05, 0.1) is 0 Å². The maximum atomic E-state index is 11.8. The first-order valence-electron chi connectivity index (χ1n) is 4.54. The first-order valence-corrected chi connectivity index (χ1v) is 4.92. The van der Waals surface area contributed by atoms with E-state index < -0.39 is 11.2 Å². The molecule has 0 saturated carbocycles. The molecule has 1 heterocycles. The summed E-state index contributed by atoms with van der Waals surface area (Å²) >= 11 is 5.98. The summed E-state index contributed by atoms with van der Waals surface area (Å²) in [5, 5.41) is 0.203. The zero-order chi connectivity index (χ0) is 12.6. The summed E-state index contributed by atoms with van der Waals surface area (Å²) in [6.07, 6.45) is 0. The number of rotatable bonds is 1. The lowest BCUT2D eigenvalue weighted by molar-refractivity contribution is -0.461. The Labute approximate surface area is 109 Å². The van der Waals surface area contributed by atoms with Crippen LogP contribution in [0.4, 0.5) is 5.82 Å². The molecule has 0 radical (unpaired) electrons. The second-order valence-corrected chi connectivity index (χ2v) is 4.01. The molecule has 0 saturated heterocycles. The van der Waals surface area contributed by atoms with E-state index in [1.54, 1.807) is 18.7 Å². The predicted octanol–water partition coefficient (Wildman–Crippen LogP) is -4.07. The molecule has 0 atom stereocenters. The fraction of sp³-hybridized carbons (Fsp3) is 0.444. The van der Waals surface area contributed by atoms with Crippen molar-refractivity contribution in [3.63, 3.8) is 0 Å². The van der Waals surface area contributed by atoms with Crippen LogP contribution in [-0.4, -0.2) is 33.0 Å². The Kier molecular flexibility index (Phi) is 4.97. The van der Waals surface area contributed by atoms with Crippen molar-refractivity contribution >= 4 is 22.6 Å². The van der Waals surface area contributed by atoms with E-state index in [4.69, 9.17) is 17.3 Å². The second-order valence-electron chi connectivity index (χ2n) is 3.65. The average Bonchev–Trinajstić information content (AvgIpc) is 2.23. The number of nitrogens with zero attached hydrogens (tertiary/aromatic N) is 3. The van der Waals surface area contributed by atoms with Gasteiger partial charge in [0, 0.05) is 14.1 Å². The van der Waals surface area contributed by atoms with E-state index >= 15 is 0 Å². The fourth-order valence-electron chi connectivity index (χ4n) is 1.28. The van der Waals surface area contributed by atoms with Crippen LogP contribution in [0.5, 0.6) is 0 Å². The van der Waals surface area contributed by atoms with Crippen LogP contribution in [0.25, 0.3) is 0 Å². The normalized spacial score (nSPS) is 9.71. The standard InChI is InChI=1S/C9H13ClN4O2.ClH/c1-12(2)6(10)5-7(11)13(3)9(16)14(4)8(5)15;/h11H,1-4H3;1H. The molecule has 1 aromatic rings. The van der Waals surface area contributed by atoms with Crippen LogP contribution in [0.3, 0.4) is 0 Å². The predicted molar refractivity (Wildman–Crippen MR) is 63.4 cm³/mol. The molecule has 0 aliphatic heterocycles. The Balaban J connectivity index is 0.00000256. The summed E-state index contributed by atoms with van der Waals surface area (Å²) in [6, 6.07) is 0. The Bertz CT molecular complexity index is 582. The van der Waals surface area contributed by atoms with Gasteiger partial charge in [0.15, 0.2) is 5.56 Å². The summed E-state index contributed by atoms with van der Waals surface area (Å²) in [6.45, 7) is 0. The van der Waals surface area contributed by atoms with Crippen LogP contribution < -0.4 is 29.4 Å². The number of anilines is 1. The van der Waals surface area contributed by atoms with Gasteiger partial charge in [0.25, 0.3) is 10.7 Å². The number of hydrogen-bond acceptors (Lipinski definition) is 3. The zero-order valence-corrected chi connectivity index (χ0v) is 11.5. The van der Waals surface area contributed by atoms with E-state index in [1.807, 2.05) is 0 Å². The molecule has 0 aromatic carbocycles. The number of nitrogens with two attached hydrogens (primary N) is 1. The third kappa shape index (κ3) is 2.53. The van der Waals surface area contributed by atoms with Gasteiger partial charge in [-0.3, -0.25) is 13.9 Å². The van der Waals surface area contributed by atoms with Crippen molar-refractivity contribution in [1.82, 2.24) is 9.13 Å². The van der Waals surface area contributed by atoms with E-state index in [0.29, 0.717) is 0 Å². The maximum Gasteiger partial charge on any atom is 0.332 e. The topological polar surface area (TPSA) is 73.0 Å². The van der Waals surface area contributed by atoms with Gasteiger partial charge in [-0.1, -0.05) is 0 Å². The second kappa shape index (κ2) is 5.37. The molecule has 0 aliphatic carbocycles. The number of hydrogen-bond donors (Lipinski definition) is 1. The van der Waals surface area contributed by atoms with Gasteiger partial charge in [0.1, 0.15) is 19.9 Å². The largest absolute Gasteiger partial charge is 1.00 e. The molecule has 0 aliphatic rings. The van der Waals surface area contributed by atoms with Gasteiger partial charge in [-0.25, -0.2) is 9.37 Å². The smallest absolute Gasteiger partial charge is 0.332 e. The lowest BCUT2D eigenvalue weighted by Gasteiger charge is -2.08. The zero-order valence-electron chi connectivity index (χ0n) is 9.99. The van der Waals surface area contributed by atoms with Crippen molar-refractivity contribution in [2.24, 2.45) is 14.1 Å². The lowest BCUT2D eigenvalue weighted by Crippen LogP contribution is -3.00. The quantitative estimate of drug-likeness (QED) is 0.420. The van der Waals surface area contributed by atoms with Crippen LogP contribution in [-0.2, 0) is 14.1 Å². The molecular formula is C9H14Cl2N4O2. The van der Waals surface area contributed by atoms with Crippen molar-refractivity contribution in [3.05, 3.63) is 26.4 Å². The van der Waals surface area contributed by atoms with Crippen molar-refractivity contribution in [3.8, 4) is 0 Å². The highest BCUT2D eigenvalue weighted by Crippen LogP contribution is 2.06. The van der Waals surface area contributed by atoms with Gasteiger partial charge >= 0.3 is 5.69 Å². The van der Waals surface area contributed by atoms with E-state index in [1.165, 1.54) is 18.7 Å². The molecule has 0 spiro atoms. The lowest BCUT2D eigenvalue weighted by atomic mass is 10.3. The average molecular weight is 281 g/mol. The van der Waals surface area contributed by atoms with Crippen LogP contribution in [0.15, 0.2) is 9.59 Å². The van der Waals surface area contributed by atoms with Gasteiger partial charge < -0.3 is 18.1 Å². The third-order valence-electron chi connectivity index (χ3n) is 2.31. The van der Waals surface area contributed by atoms with Gasteiger partial charge in [0.2, 0.25) is 0 Å². The molecule has 6 nitrogen and oxygen atoms in total. The van der Waals surface area contributed by atoms with Crippen molar-refractivity contribution in [1.29, 1.82) is 0 Å². The number of nitrogen functional groups attached to an aromatic ring is 1. The molecule has 0 fully saturated rings. The first-order chi connectivity index (χ1) is 7.29. The SMILES string of the molecule is Cn1c(N)c(C(Cl)=[N+](C)C)c(=O)n(C)c1=O.[Cl-]. The Morgan fingerprint density at radius 1 is 1.24 bits per heavy atom. The summed E-state index contributed by atoms with van der Waals surface area (Å²) in [4.78, 5) is 23.4. The van der Waals surface area contributed by atoms with Crippen molar-refractivity contribution < 1.29 is 17.0 Å². The molecule has 1 aromatic heterocycles. The van der Waals surface area contributed by atoms with Gasteiger partial charge in [-0.05, 0) is 11.6 Å². The van der Waals surface area contributed by atoms with Crippen LogP contribution >= 0.6 is 11.6 Å². The highest BCUT2D eigenvalue weighted by atomic mass is 35.5. The monoisotopic (exact) mass is 280 g/mol. The van der Waals surface area contributed by atoms with Gasteiger partial charge in [-0.15, -0.1) is 0 Å². The number of halogens is 2. The summed E-state index contributed by atoms with van der Waals surface area (Å²) in [7, 11) is 6.24. The van der Waals surface area contributed by atoms with Crippen molar-refractivity contribution in [2.75, 3.05) is 19.8 Å². The highest BCUT2D eigenvalue weighted by Gasteiger charge is 2.21. The van der Waals surface area contributed by atoms with Crippen molar-refractivity contribution in [2.45, 2.75) is 0 Å². The summed E-state index contributed by atoms with van der Waals surface area (Å²) in [5.74, 6) is 0.0619. The minimum atomic E-state index is -0.501. The van der Waals surface area contributed by atoms with E-state index in [9.17, 15) is 9.59 Å². The maximum absolute atomic E-state index is 11.8. The van der Waals surface area contributed by atoms with Gasteiger partial charge in [-0.2, -0.15) is 0 Å². The van der Waals surface area contributed by atoms with E-state index in [0.717, 1.165) is 4.57 Å². The van der Waals surface area contributed by atoms with Crippen LogP contribution in [0.2, 0.25) is 0 Å². The molecule has 96 valence electrons. The molecule has 0 unspecified atom stereocenters. The molecule has 0 amide bonds. The molecule has 17 heavy (non-hydrogen) atoms. The first kappa shape index (κ1) is 15.7. The molecule has 2 N–H and O–H groups in total. The molecule has 8 heteroatoms. The summed E-state index contributed by atoms with van der Waals surface area (Å²) in [5.41, 5.74) is 4.87. The molecular weight excluding hydrogens is 267 g/mol. The Morgan fingerprint density at radius 3 is 2.12 bits per heavy atom. The highest BCUT2D eigenvalue weighted by molar-refractivity contribution is 6.68. The minimum absolute atomic E-state index is 0. The summed E-state index contributed by atoms with van der Waals surface area (Å²) < 4.78 is 3.71. The fourth-order valence-corrected chi connectivity index (χ4v) is 1.46. The minimum Gasteiger partial charge on any atom is -1.00 e. The van der Waals surface area contributed by atoms with E-state index in [2.05, 4.69) is 0 Å². The number of aromatic nitrogens is 2. The molecule has 1 rings (SSSR count). The van der Waals surface area contributed by atoms with Crippen LogP contribution in [0.1, 0.15) is 5.56 Å². The van der Waals surface area contributed by atoms with Crippen LogP contribution in [0, 0.1) is 0 Å². The van der Waals surface area contributed by atoms with E-state index in [-0.39, 0.29) is 29.0 Å². The Hall–Kier alpha value is -1.27. The molecule has 0 bridgehead atoms.